The van der Waals surface area contributed by atoms with Crippen LogP contribution in [0.5, 0.6) is 0 Å². The first kappa shape index (κ1) is 14.7. The quantitative estimate of drug-likeness (QED) is 0.730. The summed E-state index contributed by atoms with van der Waals surface area (Å²) >= 11 is 0. The summed E-state index contributed by atoms with van der Waals surface area (Å²) in [6.07, 6.45) is 12.4. The monoisotopic (exact) mass is 304 g/mol. The van der Waals surface area contributed by atoms with Crippen molar-refractivity contribution in [1.82, 2.24) is 10.2 Å². The van der Waals surface area contributed by atoms with Crippen LogP contribution in [-0.2, 0) is 4.79 Å². The third kappa shape index (κ3) is 2.50. The van der Waals surface area contributed by atoms with Crippen molar-refractivity contribution in [2.75, 3.05) is 6.54 Å². The molecule has 2 aliphatic carbocycles. The van der Waals surface area contributed by atoms with Crippen LogP contribution in [0.1, 0.15) is 57.8 Å². The maximum Gasteiger partial charge on any atom is 0.226 e. The number of nitrogens with zero attached hydrogens (tertiary/aromatic N) is 1. The summed E-state index contributed by atoms with van der Waals surface area (Å²) in [7, 11) is 0. The van der Waals surface area contributed by atoms with E-state index in [0.29, 0.717) is 12.0 Å². The number of rotatable bonds is 1. The van der Waals surface area contributed by atoms with E-state index in [4.69, 9.17) is 0 Å². The van der Waals surface area contributed by atoms with Crippen LogP contribution in [0.3, 0.4) is 0 Å². The largest absolute Gasteiger partial charge is 0.393 e. The first-order valence-corrected chi connectivity index (χ1v) is 9.19. The molecule has 4 heteroatoms. The van der Waals surface area contributed by atoms with Crippen molar-refractivity contribution in [3.63, 3.8) is 0 Å². The lowest BCUT2D eigenvalue weighted by Gasteiger charge is -2.45. The number of amides is 1. The number of carbonyl (C=O) groups excluding carboxylic acids is 1. The second-order valence-electron chi connectivity index (χ2n) is 7.61. The van der Waals surface area contributed by atoms with Gasteiger partial charge in [0, 0.05) is 18.5 Å². The molecule has 0 spiro atoms. The van der Waals surface area contributed by atoms with Crippen LogP contribution in [0.25, 0.3) is 0 Å². The highest BCUT2D eigenvalue weighted by Crippen LogP contribution is 2.39. The highest BCUT2D eigenvalue weighted by molar-refractivity contribution is 5.81. The fourth-order valence-electron chi connectivity index (χ4n) is 5.11. The first-order valence-electron chi connectivity index (χ1n) is 9.19. The molecule has 0 aromatic heterocycles. The highest BCUT2D eigenvalue weighted by atomic mass is 16.3. The number of fused-ring (bicyclic) bond motifs is 3. The molecule has 0 radical (unpaired) electrons. The topological polar surface area (TPSA) is 52.6 Å². The van der Waals surface area contributed by atoms with Crippen LogP contribution in [0.4, 0.5) is 0 Å². The van der Waals surface area contributed by atoms with E-state index in [1.165, 1.54) is 31.3 Å². The average Bonchev–Trinajstić information content (AvgIpc) is 2.93. The van der Waals surface area contributed by atoms with E-state index in [9.17, 15) is 9.90 Å². The predicted octanol–water partition coefficient (Wildman–Crippen LogP) is 2.18. The lowest BCUT2D eigenvalue weighted by molar-refractivity contribution is -0.135. The Labute approximate surface area is 132 Å². The maximum absolute atomic E-state index is 12.5. The maximum atomic E-state index is 12.5. The second kappa shape index (κ2) is 5.97. The van der Waals surface area contributed by atoms with Crippen molar-refractivity contribution in [3.8, 4) is 0 Å². The van der Waals surface area contributed by atoms with E-state index >= 15 is 0 Å². The third-order valence-electron chi connectivity index (χ3n) is 6.32. The number of hydrogen-bond acceptors (Lipinski definition) is 3. The lowest BCUT2D eigenvalue weighted by Crippen LogP contribution is -2.61. The minimum atomic E-state index is -0.183. The van der Waals surface area contributed by atoms with Crippen molar-refractivity contribution >= 4 is 5.91 Å². The summed E-state index contributed by atoms with van der Waals surface area (Å²) in [5, 5.41) is 13.5. The van der Waals surface area contributed by atoms with Gasteiger partial charge in [0.25, 0.3) is 0 Å². The van der Waals surface area contributed by atoms with Gasteiger partial charge in [-0.25, -0.2) is 0 Å². The zero-order chi connectivity index (χ0) is 15.1. The van der Waals surface area contributed by atoms with E-state index in [-0.39, 0.29) is 24.1 Å². The Morgan fingerprint density at radius 1 is 1.09 bits per heavy atom. The second-order valence-corrected chi connectivity index (χ2v) is 7.61. The molecule has 4 aliphatic rings. The van der Waals surface area contributed by atoms with E-state index in [1.807, 2.05) is 0 Å². The molecule has 2 N–H and O–H groups in total. The number of nitrogens with one attached hydrogen (secondary N) is 1. The summed E-state index contributed by atoms with van der Waals surface area (Å²) in [6.45, 7) is 1.07. The Bertz CT molecular complexity index is 476. The molecule has 0 aromatic carbocycles. The van der Waals surface area contributed by atoms with Gasteiger partial charge in [-0.05, 0) is 37.7 Å². The number of aliphatic hydroxyl groups is 1. The first-order chi connectivity index (χ1) is 10.7. The Morgan fingerprint density at radius 3 is 2.73 bits per heavy atom. The Hall–Kier alpha value is -0.870. The van der Waals surface area contributed by atoms with Gasteiger partial charge < -0.3 is 10.4 Å². The summed E-state index contributed by atoms with van der Waals surface area (Å²) in [6, 6.07) is 0.453. The molecule has 4 nitrogen and oxygen atoms in total. The van der Waals surface area contributed by atoms with Crippen molar-refractivity contribution in [1.29, 1.82) is 0 Å². The van der Waals surface area contributed by atoms with Crippen LogP contribution >= 0.6 is 0 Å². The molecule has 2 saturated carbocycles. The third-order valence-corrected chi connectivity index (χ3v) is 6.32. The molecule has 2 aliphatic heterocycles. The molecule has 22 heavy (non-hydrogen) atoms. The Balaban J connectivity index is 1.53. The molecule has 0 aromatic rings. The molecule has 4 fully saturated rings. The zero-order valence-electron chi connectivity index (χ0n) is 13.3. The SMILES string of the molecule is O=C1NC2/C(=C/C3CCCCC3O)CCN2C2CCCCC12. The summed E-state index contributed by atoms with van der Waals surface area (Å²) in [4.78, 5) is 15.0. The molecule has 122 valence electrons. The van der Waals surface area contributed by atoms with Gasteiger partial charge in [-0.2, -0.15) is 0 Å². The molecule has 2 saturated heterocycles. The van der Waals surface area contributed by atoms with E-state index in [2.05, 4.69) is 16.3 Å². The zero-order valence-corrected chi connectivity index (χ0v) is 13.3. The van der Waals surface area contributed by atoms with Gasteiger partial charge in [0.15, 0.2) is 0 Å². The van der Waals surface area contributed by atoms with E-state index < -0.39 is 0 Å². The molecule has 4 rings (SSSR count). The van der Waals surface area contributed by atoms with Gasteiger partial charge in [-0.15, -0.1) is 0 Å². The van der Waals surface area contributed by atoms with Crippen molar-refractivity contribution < 1.29 is 9.90 Å². The Kier molecular flexibility index (Phi) is 3.99. The predicted molar refractivity (Wildman–Crippen MR) is 85.0 cm³/mol. The fourth-order valence-corrected chi connectivity index (χ4v) is 5.11. The minimum absolute atomic E-state index is 0.112. The van der Waals surface area contributed by atoms with Gasteiger partial charge in [-0.1, -0.05) is 31.8 Å². The van der Waals surface area contributed by atoms with Crippen molar-refractivity contribution in [3.05, 3.63) is 11.6 Å². The molecule has 2 heterocycles. The number of hydrogen-bond donors (Lipinski definition) is 2. The molecular formula is C18H28N2O2. The molecule has 0 bridgehead atoms. The Morgan fingerprint density at radius 2 is 1.86 bits per heavy atom. The van der Waals surface area contributed by atoms with Gasteiger partial charge in [-0.3, -0.25) is 9.69 Å². The lowest BCUT2D eigenvalue weighted by atomic mass is 9.81. The van der Waals surface area contributed by atoms with Gasteiger partial charge in [0.2, 0.25) is 5.91 Å². The summed E-state index contributed by atoms with van der Waals surface area (Å²) in [5.74, 6) is 0.775. The smallest absolute Gasteiger partial charge is 0.226 e. The van der Waals surface area contributed by atoms with Gasteiger partial charge in [0.05, 0.1) is 12.0 Å². The standard InChI is InChI=1S/C18H28N2O2/c21-16-8-4-1-5-12(16)11-13-9-10-20-15-7-3-2-6-14(15)18(22)19-17(13)20/h11-12,14-17,21H,1-10H2,(H,19,22)/b13-11+. The van der Waals surface area contributed by atoms with Crippen LogP contribution in [0, 0.1) is 11.8 Å². The summed E-state index contributed by atoms with van der Waals surface area (Å²) in [5.41, 5.74) is 1.35. The van der Waals surface area contributed by atoms with E-state index in [0.717, 1.165) is 38.6 Å². The van der Waals surface area contributed by atoms with Crippen LogP contribution in [-0.4, -0.2) is 40.8 Å². The summed E-state index contributed by atoms with van der Waals surface area (Å²) < 4.78 is 0. The molecule has 1 amide bonds. The van der Waals surface area contributed by atoms with E-state index in [1.54, 1.807) is 0 Å². The fraction of sp³-hybridized carbons (Fsp3) is 0.833. The normalized spacial score (nSPS) is 44.5. The minimum Gasteiger partial charge on any atom is -0.393 e. The highest BCUT2D eigenvalue weighted by Gasteiger charge is 2.46. The molecule has 5 atom stereocenters. The average molecular weight is 304 g/mol. The van der Waals surface area contributed by atoms with Crippen molar-refractivity contribution in [2.45, 2.75) is 76.1 Å². The molecular weight excluding hydrogens is 276 g/mol. The van der Waals surface area contributed by atoms with Crippen LogP contribution in [0.15, 0.2) is 11.6 Å². The number of aliphatic hydroxyl groups excluding tert-OH is 1. The van der Waals surface area contributed by atoms with Crippen LogP contribution in [0.2, 0.25) is 0 Å². The molecule has 5 unspecified atom stereocenters. The van der Waals surface area contributed by atoms with Gasteiger partial charge >= 0.3 is 0 Å². The van der Waals surface area contributed by atoms with Crippen molar-refractivity contribution in [2.24, 2.45) is 11.8 Å². The van der Waals surface area contributed by atoms with Gasteiger partial charge in [0.1, 0.15) is 6.17 Å². The number of carbonyl (C=O) groups is 1. The van der Waals surface area contributed by atoms with Crippen LogP contribution < -0.4 is 5.32 Å².